The van der Waals surface area contributed by atoms with Crippen molar-refractivity contribution in [2.45, 2.75) is 25.5 Å². The molecule has 1 aromatic carbocycles. The second-order valence-corrected chi connectivity index (χ2v) is 5.41. The molecule has 0 radical (unpaired) electrons. The molecule has 0 saturated heterocycles. The van der Waals surface area contributed by atoms with Gasteiger partial charge in [0.2, 0.25) is 11.8 Å². The highest BCUT2D eigenvalue weighted by Crippen LogP contribution is 2.18. The summed E-state index contributed by atoms with van der Waals surface area (Å²) in [5, 5.41) is 8.43. The van der Waals surface area contributed by atoms with Crippen molar-refractivity contribution in [3.05, 3.63) is 41.8 Å². The van der Waals surface area contributed by atoms with Gasteiger partial charge in [-0.3, -0.25) is 4.79 Å². The summed E-state index contributed by atoms with van der Waals surface area (Å²) in [6.07, 6.45) is 0.610. The second kappa shape index (κ2) is 7.83. The summed E-state index contributed by atoms with van der Waals surface area (Å²) in [6, 6.07) is 9.95. The molecule has 1 aromatic heterocycles. The first-order chi connectivity index (χ1) is 10.2. The van der Waals surface area contributed by atoms with Gasteiger partial charge < -0.3 is 9.32 Å². The summed E-state index contributed by atoms with van der Waals surface area (Å²) in [6.45, 7) is 5.38. The van der Waals surface area contributed by atoms with Crippen LogP contribution in [0.4, 0.5) is 0 Å². The first-order valence-corrected chi connectivity index (χ1v) is 7.98. The van der Waals surface area contributed by atoms with E-state index in [1.807, 2.05) is 44.2 Å². The number of rotatable bonds is 7. The molecule has 0 aliphatic rings. The Balaban J connectivity index is 1.87. The number of benzene rings is 1. The van der Waals surface area contributed by atoms with E-state index in [1.165, 1.54) is 11.8 Å². The number of nitrogens with zero attached hydrogens (tertiary/aromatic N) is 3. The molecule has 0 atom stereocenters. The normalized spacial score (nSPS) is 10.6. The third-order valence-electron chi connectivity index (χ3n) is 3.08. The maximum absolute atomic E-state index is 11.9. The van der Waals surface area contributed by atoms with Gasteiger partial charge in [0.1, 0.15) is 0 Å². The summed E-state index contributed by atoms with van der Waals surface area (Å²) in [5.41, 5.74) is 1.12. The molecule has 0 fully saturated rings. The Bertz CT molecular complexity index is 567. The van der Waals surface area contributed by atoms with E-state index in [0.717, 1.165) is 18.7 Å². The molecule has 21 heavy (non-hydrogen) atoms. The van der Waals surface area contributed by atoms with Gasteiger partial charge in [-0.05, 0) is 19.4 Å². The van der Waals surface area contributed by atoms with E-state index < -0.39 is 0 Å². The van der Waals surface area contributed by atoms with Crippen molar-refractivity contribution in [2.75, 3.05) is 18.8 Å². The fourth-order valence-electron chi connectivity index (χ4n) is 1.93. The van der Waals surface area contributed by atoms with E-state index in [1.54, 1.807) is 4.90 Å². The van der Waals surface area contributed by atoms with Crippen molar-refractivity contribution < 1.29 is 9.21 Å². The number of carbonyl (C=O) groups is 1. The smallest absolute Gasteiger partial charge is 0.277 e. The lowest BCUT2D eigenvalue weighted by molar-refractivity contribution is -0.127. The highest BCUT2D eigenvalue weighted by Gasteiger charge is 2.13. The predicted molar refractivity (Wildman–Crippen MR) is 82.2 cm³/mol. The first kappa shape index (κ1) is 15.6. The molecule has 0 aliphatic carbocycles. The minimum Gasteiger partial charge on any atom is -0.416 e. The Morgan fingerprint density at radius 3 is 2.57 bits per heavy atom. The van der Waals surface area contributed by atoms with Crippen LogP contribution >= 0.6 is 11.8 Å². The topological polar surface area (TPSA) is 59.2 Å². The number of hydrogen-bond donors (Lipinski definition) is 0. The summed E-state index contributed by atoms with van der Waals surface area (Å²) < 4.78 is 5.55. The lowest BCUT2D eigenvalue weighted by Crippen LogP contribution is -2.31. The maximum Gasteiger partial charge on any atom is 0.277 e. The van der Waals surface area contributed by atoms with Crippen LogP contribution in [0.15, 0.2) is 40.0 Å². The van der Waals surface area contributed by atoms with Crippen molar-refractivity contribution >= 4 is 17.7 Å². The molecule has 0 bridgehead atoms. The van der Waals surface area contributed by atoms with Crippen LogP contribution < -0.4 is 0 Å². The molecule has 2 rings (SSSR count). The van der Waals surface area contributed by atoms with Gasteiger partial charge >= 0.3 is 0 Å². The minimum absolute atomic E-state index is 0.0906. The molecule has 0 N–H and O–H groups in total. The van der Waals surface area contributed by atoms with Crippen molar-refractivity contribution in [1.82, 2.24) is 15.1 Å². The second-order valence-electron chi connectivity index (χ2n) is 4.48. The summed E-state index contributed by atoms with van der Waals surface area (Å²) in [5.74, 6) is 0.987. The van der Waals surface area contributed by atoms with Gasteiger partial charge in [-0.15, -0.1) is 10.2 Å². The average Bonchev–Trinajstić information content (AvgIpc) is 2.95. The van der Waals surface area contributed by atoms with E-state index in [9.17, 15) is 4.79 Å². The van der Waals surface area contributed by atoms with Crippen molar-refractivity contribution in [3.63, 3.8) is 0 Å². The van der Waals surface area contributed by atoms with Crippen molar-refractivity contribution in [3.8, 4) is 0 Å². The average molecular weight is 305 g/mol. The van der Waals surface area contributed by atoms with Crippen LogP contribution in [0.1, 0.15) is 25.3 Å². The van der Waals surface area contributed by atoms with Crippen LogP contribution in [0.25, 0.3) is 0 Å². The Hall–Kier alpha value is -1.82. The van der Waals surface area contributed by atoms with Gasteiger partial charge in [-0.1, -0.05) is 42.1 Å². The zero-order chi connectivity index (χ0) is 15.1. The maximum atomic E-state index is 11.9. The number of aromatic nitrogens is 2. The molecule has 5 nitrogen and oxygen atoms in total. The molecule has 0 spiro atoms. The molecule has 0 aliphatic heterocycles. The van der Waals surface area contributed by atoms with E-state index in [2.05, 4.69) is 10.2 Å². The molecular formula is C15H19N3O2S. The molecule has 1 amide bonds. The number of thioether (sulfide) groups is 1. The highest BCUT2D eigenvalue weighted by molar-refractivity contribution is 7.99. The molecule has 0 unspecified atom stereocenters. The fraction of sp³-hybridized carbons (Fsp3) is 0.400. The Labute approximate surface area is 128 Å². The largest absolute Gasteiger partial charge is 0.416 e. The lowest BCUT2D eigenvalue weighted by atomic mass is 10.2. The predicted octanol–water partition coefficient (Wildman–Crippen LogP) is 2.62. The number of carbonyl (C=O) groups excluding carboxylic acids is 1. The monoisotopic (exact) mass is 305 g/mol. The highest BCUT2D eigenvalue weighted by atomic mass is 32.2. The van der Waals surface area contributed by atoms with Gasteiger partial charge in [0.05, 0.1) is 12.2 Å². The van der Waals surface area contributed by atoms with Crippen LogP contribution in [0.3, 0.4) is 0 Å². The molecule has 112 valence electrons. The van der Waals surface area contributed by atoms with Crippen LogP contribution in [0.5, 0.6) is 0 Å². The number of amides is 1. The van der Waals surface area contributed by atoms with E-state index in [4.69, 9.17) is 4.42 Å². The van der Waals surface area contributed by atoms with Crippen LogP contribution in [0.2, 0.25) is 0 Å². The van der Waals surface area contributed by atoms with Gasteiger partial charge in [0, 0.05) is 13.1 Å². The lowest BCUT2D eigenvalue weighted by Gasteiger charge is -2.17. The Kier molecular flexibility index (Phi) is 5.80. The fourth-order valence-corrected chi connectivity index (χ4v) is 2.61. The Morgan fingerprint density at radius 1 is 1.19 bits per heavy atom. The number of hydrogen-bond acceptors (Lipinski definition) is 5. The van der Waals surface area contributed by atoms with E-state index in [0.29, 0.717) is 23.3 Å². The Morgan fingerprint density at radius 2 is 1.90 bits per heavy atom. The van der Waals surface area contributed by atoms with Crippen molar-refractivity contribution in [1.29, 1.82) is 0 Å². The van der Waals surface area contributed by atoms with Crippen LogP contribution in [-0.2, 0) is 11.2 Å². The zero-order valence-corrected chi connectivity index (χ0v) is 13.1. The van der Waals surface area contributed by atoms with Gasteiger partial charge in [0.25, 0.3) is 5.22 Å². The third kappa shape index (κ3) is 4.60. The van der Waals surface area contributed by atoms with Crippen LogP contribution in [0, 0.1) is 0 Å². The van der Waals surface area contributed by atoms with Gasteiger partial charge in [-0.2, -0.15) is 0 Å². The third-order valence-corrected chi connectivity index (χ3v) is 3.88. The van der Waals surface area contributed by atoms with Gasteiger partial charge in [0.15, 0.2) is 0 Å². The molecular weight excluding hydrogens is 286 g/mol. The SMILES string of the molecule is CCN(CC)C(=O)CSc1nnc(Cc2ccccc2)o1. The van der Waals surface area contributed by atoms with Crippen LogP contribution in [-0.4, -0.2) is 39.8 Å². The first-order valence-electron chi connectivity index (χ1n) is 6.99. The molecule has 6 heteroatoms. The van der Waals surface area contributed by atoms with E-state index >= 15 is 0 Å². The van der Waals surface area contributed by atoms with Gasteiger partial charge in [-0.25, -0.2) is 0 Å². The summed E-state index contributed by atoms with van der Waals surface area (Å²) >= 11 is 1.29. The van der Waals surface area contributed by atoms with E-state index in [-0.39, 0.29) is 5.91 Å². The summed E-state index contributed by atoms with van der Waals surface area (Å²) in [7, 11) is 0. The zero-order valence-electron chi connectivity index (χ0n) is 12.3. The standard InChI is InChI=1S/C15H19N3O2S/c1-3-18(4-2)14(19)11-21-15-17-16-13(20-15)10-12-8-6-5-7-9-12/h5-9H,3-4,10-11H2,1-2H3. The quantitative estimate of drug-likeness (QED) is 0.736. The van der Waals surface area contributed by atoms with Crippen molar-refractivity contribution in [2.24, 2.45) is 0 Å². The summed E-state index contributed by atoms with van der Waals surface area (Å²) in [4.78, 5) is 13.7. The minimum atomic E-state index is 0.0906. The molecule has 2 aromatic rings. The molecule has 1 heterocycles. The molecule has 0 saturated carbocycles.